The van der Waals surface area contributed by atoms with E-state index in [2.05, 4.69) is 33.1 Å². The first kappa shape index (κ1) is 27.8. The van der Waals surface area contributed by atoms with Gasteiger partial charge in [0.25, 0.3) is 0 Å². The Kier molecular flexibility index (Phi) is 9.16. The second kappa shape index (κ2) is 13.5. The minimum Gasteiger partial charge on any atom is -0.348 e. The fraction of sp³-hybridized carbons (Fsp3) is 0.235. The highest BCUT2D eigenvalue weighted by Gasteiger charge is 2.30. The van der Waals surface area contributed by atoms with Gasteiger partial charge >= 0.3 is 0 Å². The number of pyridine rings is 1. The largest absolute Gasteiger partial charge is 0.348 e. The molecule has 2 atom stereocenters. The Labute approximate surface area is 240 Å². The van der Waals surface area contributed by atoms with Gasteiger partial charge in [-0.25, -0.2) is 0 Å². The highest BCUT2D eigenvalue weighted by atomic mass is 16.2. The van der Waals surface area contributed by atoms with Gasteiger partial charge in [0.2, 0.25) is 17.7 Å². The molecule has 0 radical (unpaired) electrons. The lowest BCUT2D eigenvalue weighted by atomic mass is 9.87. The smallest absolute Gasteiger partial charge is 0.243 e. The number of carbonyl (C=O) groups is 3. The average Bonchev–Trinajstić information content (AvgIpc) is 3.01. The molecule has 0 spiro atoms. The first-order valence-electron chi connectivity index (χ1n) is 14.1. The Morgan fingerprint density at radius 3 is 2.10 bits per heavy atom. The zero-order chi connectivity index (χ0) is 28.4. The van der Waals surface area contributed by atoms with Gasteiger partial charge in [0.05, 0.1) is 12.0 Å². The molecule has 0 unspecified atom stereocenters. The molecule has 0 fully saturated rings. The Balaban J connectivity index is 1.36. The maximum absolute atomic E-state index is 13.9. The average molecular weight is 547 g/mol. The molecule has 4 aromatic rings. The third-order valence-corrected chi connectivity index (χ3v) is 7.47. The summed E-state index contributed by atoms with van der Waals surface area (Å²) in [4.78, 5) is 44.4. The summed E-state index contributed by atoms with van der Waals surface area (Å²) >= 11 is 0. The van der Waals surface area contributed by atoms with Crippen LogP contribution in [-0.4, -0.2) is 28.7 Å². The van der Waals surface area contributed by atoms with Gasteiger partial charge in [0, 0.05) is 24.5 Å². The third kappa shape index (κ3) is 7.25. The Hall–Kier alpha value is -4.78. The highest BCUT2D eigenvalue weighted by Crippen LogP contribution is 2.30. The highest BCUT2D eigenvalue weighted by molar-refractivity contribution is 5.94. The van der Waals surface area contributed by atoms with Crippen molar-refractivity contribution in [2.75, 3.05) is 5.32 Å². The van der Waals surface area contributed by atoms with E-state index < -0.39 is 12.0 Å². The summed E-state index contributed by atoms with van der Waals surface area (Å²) in [7, 11) is 0. The molecule has 0 aliphatic heterocycles. The molecule has 41 heavy (non-hydrogen) atoms. The number of fused-ring (bicyclic) bond motifs is 1. The number of hydrogen-bond donors (Lipinski definition) is 3. The van der Waals surface area contributed by atoms with Crippen molar-refractivity contribution >= 4 is 23.4 Å². The van der Waals surface area contributed by atoms with Crippen LogP contribution in [0.4, 0.5) is 5.69 Å². The summed E-state index contributed by atoms with van der Waals surface area (Å²) in [5.74, 6) is -1.43. The van der Waals surface area contributed by atoms with E-state index in [1.54, 1.807) is 24.5 Å². The lowest BCUT2D eigenvalue weighted by Crippen LogP contribution is -2.49. The minimum atomic E-state index is -0.894. The summed E-state index contributed by atoms with van der Waals surface area (Å²) in [6.45, 7) is 0. The van der Waals surface area contributed by atoms with Crippen LogP contribution in [0.25, 0.3) is 0 Å². The monoisotopic (exact) mass is 546 g/mol. The van der Waals surface area contributed by atoms with Gasteiger partial charge in [-0.2, -0.15) is 0 Å². The van der Waals surface area contributed by atoms with Gasteiger partial charge in [-0.1, -0.05) is 84.9 Å². The number of hydrogen-bond acceptors (Lipinski definition) is 4. The molecule has 7 heteroatoms. The normalized spacial score (nSPS) is 14.9. The van der Waals surface area contributed by atoms with Crippen molar-refractivity contribution in [1.82, 2.24) is 15.6 Å². The molecule has 0 saturated carbocycles. The molecule has 208 valence electrons. The molecule has 5 rings (SSSR count). The van der Waals surface area contributed by atoms with E-state index in [4.69, 9.17) is 0 Å². The molecule has 7 nitrogen and oxygen atoms in total. The van der Waals surface area contributed by atoms with Crippen LogP contribution >= 0.6 is 0 Å². The molecule has 0 bridgehead atoms. The van der Waals surface area contributed by atoms with Gasteiger partial charge in [-0.05, 0) is 60.1 Å². The van der Waals surface area contributed by atoms with Crippen molar-refractivity contribution in [3.63, 3.8) is 0 Å². The van der Waals surface area contributed by atoms with Crippen LogP contribution in [-0.2, 0) is 20.8 Å². The molecule has 1 heterocycles. The Morgan fingerprint density at radius 1 is 0.780 bits per heavy atom. The van der Waals surface area contributed by atoms with Crippen molar-refractivity contribution < 1.29 is 14.4 Å². The van der Waals surface area contributed by atoms with Gasteiger partial charge in [0.1, 0.15) is 6.04 Å². The standard InChI is InChI=1S/C34H34N4O3/c39-31(36-27-20-22-35-23-21-27)19-18-30(33(40)37-29-17-9-15-24-10-7-8-16-28(24)29)38-34(41)32(25-11-3-1-4-12-25)26-13-5-2-6-14-26/h1-8,10-14,16,20-23,29-30,32H,9,15,17-19H2,(H,37,40)(H,38,41)(H,35,36,39)/t29-,30-/m1/s1. The predicted octanol–water partition coefficient (Wildman–Crippen LogP) is 5.31. The predicted molar refractivity (Wildman–Crippen MR) is 159 cm³/mol. The van der Waals surface area contributed by atoms with E-state index in [1.807, 2.05) is 72.8 Å². The first-order valence-corrected chi connectivity index (χ1v) is 14.1. The molecule has 1 aliphatic rings. The molecule has 1 aliphatic carbocycles. The number of benzene rings is 3. The third-order valence-electron chi connectivity index (χ3n) is 7.47. The van der Waals surface area contributed by atoms with Crippen LogP contribution in [0.15, 0.2) is 109 Å². The molecule has 0 saturated heterocycles. The summed E-state index contributed by atoms with van der Waals surface area (Å²) in [5.41, 5.74) is 4.62. The quantitative estimate of drug-likeness (QED) is 0.251. The molecule has 1 aromatic heterocycles. The van der Waals surface area contributed by atoms with E-state index in [0.29, 0.717) is 5.69 Å². The van der Waals surface area contributed by atoms with Gasteiger partial charge in [-0.3, -0.25) is 19.4 Å². The Bertz CT molecular complexity index is 1420. The maximum Gasteiger partial charge on any atom is 0.243 e. The lowest BCUT2D eigenvalue weighted by Gasteiger charge is -2.29. The van der Waals surface area contributed by atoms with Crippen LogP contribution in [0.3, 0.4) is 0 Å². The molecule has 3 aromatic carbocycles. The van der Waals surface area contributed by atoms with E-state index in [-0.39, 0.29) is 36.6 Å². The van der Waals surface area contributed by atoms with Crippen molar-refractivity contribution in [1.29, 1.82) is 0 Å². The van der Waals surface area contributed by atoms with Gasteiger partial charge in [0.15, 0.2) is 0 Å². The summed E-state index contributed by atoms with van der Waals surface area (Å²) in [6, 6.07) is 29.6. The second-order valence-electron chi connectivity index (χ2n) is 10.3. The van der Waals surface area contributed by atoms with Crippen molar-refractivity contribution in [3.05, 3.63) is 132 Å². The maximum atomic E-state index is 13.9. The van der Waals surface area contributed by atoms with Gasteiger partial charge in [-0.15, -0.1) is 0 Å². The van der Waals surface area contributed by atoms with Crippen LogP contribution in [0, 0.1) is 0 Å². The van der Waals surface area contributed by atoms with E-state index in [1.165, 1.54) is 5.56 Å². The number of nitrogens with one attached hydrogen (secondary N) is 3. The van der Waals surface area contributed by atoms with E-state index in [0.717, 1.165) is 36.0 Å². The summed E-state index contributed by atoms with van der Waals surface area (Å²) in [6.07, 6.45) is 6.18. The summed E-state index contributed by atoms with van der Waals surface area (Å²) < 4.78 is 0. The van der Waals surface area contributed by atoms with Crippen LogP contribution in [0.2, 0.25) is 0 Å². The zero-order valence-electron chi connectivity index (χ0n) is 22.8. The molecule has 3 amide bonds. The fourth-order valence-corrected chi connectivity index (χ4v) is 5.42. The van der Waals surface area contributed by atoms with Crippen LogP contribution < -0.4 is 16.0 Å². The number of aromatic nitrogens is 1. The topological polar surface area (TPSA) is 100 Å². The molecular weight excluding hydrogens is 512 g/mol. The first-order chi connectivity index (χ1) is 20.1. The van der Waals surface area contributed by atoms with Crippen LogP contribution in [0.5, 0.6) is 0 Å². The molecular formula is C34H34N4O3. The van der Waals surface area contributed by atoms with Crippen molar-refractivity contribution in [3.8, 4) is 0 Å². The zero-order valence-corrected chi connectivity index (χ0v) is 22.8. The lowest BCUT2D eigenvalue weighted by molar-refractivity contribution is -0.130. The molecule has 3 N–H and O–H groups in total. The summed E-state index contributed by atoms with van der Waals surface area (Å²) in [5, 5.41) is 9.02. The van der Waals surface area contributed by atoms with Crippen molar-refractivity contribution in [2.45, 2.75) is 50.1 Å². The number of rotatable bonds is 10. The Morgan fingerprint density at radius 2 is 1.41 bits per heavy atom. The number of anilines is 1. The number of nitrogens with zero attached hydrogens (tertiary/aromatic N) is 1. The van der Waals surface area contributed by atoms with E-state index >= 15 is 0 Å². The van der Waals surface area contributed by atoms with E-state index in [9.17, 15) is 14.4 Å². The van der Waals surface area contributed by atoms with Crippen molar-refractivity contribution in [2.24, 2.45) is 0 Å². The second-order valence-corrected chi connectivity index (χ2v) is 10.3. The minimum absolute atomic E-state index is 0.0588. The number of carbonyl (C=O) groups excluding carboxylic acids is 3. The van der Waals surface area contributed by atoms with Crippen LogP contribution in [0.1, 0.15) is 59.9 Å². The number of aryl methyl sites for hydroxylation is 1. The number of amides is 3. The van der Waals surface area contributed by atoms with Gasteiger partial charge < -0.3 is 16.0 Å². The fourth-order valence-electron chi connectivity index (χ4n) is 5.42. The SMILES string of the molecule is O=C(CC[C@@H](NC(=O)C(c1ccccc1)c1ccccc1)C(=O)N[C@@H]1CCCc2ccccc21)Nc1ccncc1.